The third-order valence-electron chi connectivity index (χ3n) is 5.28. The number of hydrogen-bond donors (Lipinski definition) is 0. The normalized spacial score (nSPS) is 25.8. The molecule has 2 aliphatic rings. The highest BCUT2D eigenvalue weighted by Crippen LogP contribution is 2.40. The van der Waals surface area contributed by atoms with Crippen LogP contribution in [-0.4, -0.2) is 49.3 Å². The summed E-state index contributed by atoms with van der Waals surface area (Å²) in [4.78, 5) is 0.223. The van der Waals surface area contributed by atoms with Crippen LogP contribution >= 0.6 is 0 Å². The molecule has 1 aromatic carbocycles. The number of benzene rings is 1. The summed E-state index contributed by atoms with van der Waals surface area (Å²) >= 11 is 0. The van der Waals surface area contributed by atoms with Crippen LogP contribution in [0.4, 0.5) is 0 Å². The van der Waals surface area contributed by atoms with E-state index in [0.717, 1.165) is 31.4 Å². The Morgan fingerprint density at radius 2 is 1.96 bits per heavy atom. The first kappa shape index (κ1) is 16.0. The highest BCUT2D eigenvalue weighted by molar-refractivity contribution is 7.89. The number of rotatable bonds is 2. The van der Waals surface area contributed by atoms with Crippen LogP contribution in [0.15, 0.2) is 15.6 Å². The Morgan fingerprint density at radius 1 is 1.17 bits per heavy atom. The fourth-order valence-corrected chi connectivity index (χ4v) is 5.95. The second-order valence-corrected chi connectivity index (χ2v) is 8.92. The van der Waals surface area contributed by atoms with Gasteiger partial charge in [-0.15, -0.1) is 0 Å². The standard InChI is InChI=1S/C16H21N3O4S/c1-11-8-12(2)15(14-13(11)17-23-18-14)24(20,21)19-6-3-4-16(9-19)5-7-22-10-16/h8H,3-7,9-10H2,1-2H3. The quantitative estimate of drug-likeness (QED) is 0.823. The van der Waals surface area contributed by atoms with Crippen LogP contribution in [0.25, 0.3) is 11.0 Å². The lowest BCUT2D eigenvalue weighted by Crippen LogP contribution is -2.46. The van der Waals surface area contributed by atoms with E-state index < -0.39 is 10.0 Å². The van der Waals surface area contributed by atoms with Gasteiger partial charge in [-0.05, 0) is 54.6 Å². The van der Waals surface area contributed by atoms with Gasteiger partial charge in [-0.25, -0.2) is 13.0 Å². The van der Waals surface area contributed by atoms with Crippen molar-refractivity contribution in [3.63, 3.8) is 0 Å². The van der Waals surface area contributed by atoms with Crippen molar-refractivity contribution in [1.29, 1.82) is 0 Å². The molecule has 130 valence electrons. The molecule has 7 nitrogen and oxygen atoms in total. The van der Waals surface area contributed by atoms with E-state index in [1.807, 2.05) is 13.0 Å². The lowest BCUT2D eigenvalue weighted by atomic mass is 9.80. The fraction of sp³-hybridized carbons (Fsp3) is 0.625. The Kier molecular flexibility index (Phi) is 3.67. The Bertz CT molecular complexity index is 884. The van der Waals surface area contributed by atoms with Crippen molar-refractivity contribution in [3.8, 4) is 0 Å². The topological polar surface area (TPSA) is 85.5 Å². The van der Waals surface area contributed by atoms with Crippen molar-refractivity contribution in [3.05, 3.63) is 17.2 Å². The summed E-state index contributed by atoms with van der Waals surface area (Å²) in [5, 5.41) is 7.73. The summed E-state index contributed by atoms with van der Waals surface area (Å²) in [6.07, 6.45) is 2.80. The predicted molar refractivity (Wildman–Crippen MR) is 87.1 cm³/mol. The first-order chi connectivity index (χ1) is 11.4. The summed E-state index contributed by atoms with van der Waals surface area (Å²) in [5.41, 5.74) is 2.34. The van der Waals surface area contributed by atoms with Crippen molar-refractivity contribution in [1.82, 2.24) is 14.6 Å². The average Bonchev–Trinajstić information content (AvgIpc) is 3.17. The Hall–Kier alpha value is -1.51. The third-order valence-corrected chi connectivity index (χ3v) is 7.30. The van der Waals surface area contributed by atoms with E-state index in [1.54, 1.807) is 11.2 Å². The molecule has 2 fully saturated rings. The maximum absolute atomic E-state index is 13.3. The molecule has 0 aliphatic carbocycles. The van der Waals surface area contributed by atoms with E-state index in [9.17, 15) is 8.42 Å². The monoisotopic (exact) mass is 351 g/mol. The Morgan fingerprint density at radius 3 is 2.71 bits per heavy atom. The highest BCUT2D eigenvalue weighted by Gasteiger charge is 2.43. The maximum Gasteiger partial charge on any atom is 0.245 e. The average molecular weight is 351 g/mol. The highest BCUT2D eigenvalue weighted by atomic mass is 32.2. The molecular weight excluding hydrogens is 330 g/mol. The van der Waals surface area contributed by atoms with Crippen molar-refractivity contribution >= 4 is 21.1 Å². The molecule has 0 bridgehead atoms. The lowest BCUT2D eigenvalue weighted by molar-refractivity contribution is 0.105. The van der Waals surface area contributed by atoms with Crippen LogP contribution in [0, 0.1) is 19.3 Å². The maximum atomic E-state index is 13.3. The fourth-order valence-electron chi connectivity index (χ4n) is 4.04. The summed E-state index contributed by atoms with van der Waals surface area (Å²) in [6.45, 7) is 6.08. The molecule has 0 N–H and O–H groups in total. The van der Waals surface area contributed by atoms with Crippen LogP contribution in [0.3, 0.4) is 0 Å². The van der Waals surface area contributed by atoms with Gasteiger partial charge in [-0.1, -0.05) is 6.07 Å². The Balaban J connectivity index is 1.79. The number of nitrogens with zero attached hydrogens (tertiary/aromatic N) is 3. The summed E-state index contributed by atoms with van der Waals surface area (Å²) in [6, 6.07) is 1.83. The zero-order valence-corrected chi connectivity index (χ0v) is 14.7. The molecule has 0 amide bonds. The molecule has 1 aromatic heterocycles. The molecule has 2 saturated heterocycles. The number of ether oxygens (including phenoxy) is 1. The molecule has 1 spiro atoms. The van der Waals surface area contributed by atoms with Gasteiger partial charge in [-0.3, -0.25) is 0 Å². The molecule has 8 heteroatoms. The minimum atomic E-state index is -3.65. The molecule has 1 unspecified atom stereocenters. The zero-order chi connectivity index (χ0) is 16.9. The number of hydrogen-bond acceptors (Lipinski definition) is 6. The van der Waals surface area contributed by atoms with Crippen LogP contribution in [0.5, 0.6) is 0 Å². The van der Waals surface area contributed by atoms with Gasteiger partial charge in [0.1, 0.15) is 10.4 Å². The Labute approximate surface area is 141 Å². The molecule has 3 heterocycles. The minimum absolute atomic E-state index is 0.0366. The van der Waals surface area contributed by atoms with E-state index in [2.05, 4.69) is 10.3 Å². The van der Waals surface area contributed by atoms with E-state index in [0.29, 0.717) is 36.3 Å². The van der Waals surface area contributed by atoms with E-state index in [4.69, 9.17) is 9.37 Å². The van der Waals surface area contributed by atoms with Gasteiger partial charge >= 0.3 is 0 Å². The van der Waals surface area contributed by atoms with Crippen LogP contribution < -0.4 is 0 Å². The number of aromatic nitrogens is 2. The van der Waals surface area contributed by atoms with Crippen molar-refractivity contribution < 1.29 is 17.8 Å². The molecular formula is C16H21N3O4S. The molecule has 4 rings (SSSR count). The molecule has 24 heavy (non-hydrogen) atoms. The molecule has 2 aliphatic heterocycles. The van der Waals surface area contributed by atoms with Gasteiger partial charge in [0.15, 0.2) is 5.52 Å². The zero-order valence-electron chi connectivity index (χ0n) is 13.9. The van der Waals surface area contributed by atoms with Crippen molar-refractivity contribution in [2.24, 2.45) is 5.41 Å². The smallest absolute Gasteiger partial charge is 0.245 e. The van der Waals surface area contributed by atoms with Crippen LogP contribution in [0.1, 0.15) is 30.4 Å². The SMILES string of the molecule is Cc1cc(C)c2nonc2c1S(=O)(=O)N1CCCC2(CCOC2)C1. The van der Waals surface area contributed by atoms with Gasteiger partial charge in [0.2, 0.25) is 10.0 Å². The second kappa shape index (κ2) is 5.50. The van der Waals surface area contributed by atoms with Crippen molar-refractivity contribution in [2.45, 2.75) is 38.0 Å². The van der Waals surface area contributed by atoms with Gasteiger partial charge in [0.05, 0.1) is 6.61 Å². The van der Waals surface area contributed by atoms with Gasteiger partial charge in [-0.2, -0.15) is 4.31 Å². The van der Waals surface area contributed by atoms with Gasteiger partial charge < -0.3 is 4.74 Å². The second-order valence-electron chi connectivity index (χ2n) is 7.05. The van der Waals surface area contributed by atoms with Crippen LogP contribution in [-0.2, 0) is 14.8 Å². The third kappa shape index (κ3) is 2.35. The summed E-state index contributed by atoms with van der Waals surface area (Å²) in [5.74, 6) is 0. The van der Waals surface area contributed by atoms with Gasteiger partial charge in [0.25, 0.3) is 0 Å². The van der Waals surface area contributed by atoms with E-state index in [-0.39, 0.29) is 10.3 Å². The van der Waals surface area contributed by atoms with E-state index >= 15 is 0 Å². The number of aryl methyl sites for hydroxylation is 2. The largest absolute Gasteiger partial charge is 0.381 e. The first-order valence-electron chi connectivity index (χ1n) is 8.23. The molecule has 2 aromatic rings. The first-order valence-corrected chi connectivity index (χ1v) is 9.67. The number of fused-ring (bicyclic) bond motifs is 1. The molecule has 0 radical (unpaired) electrons. The van der Waals surface area contributed by atoms with Crippen LogP contribution in [0.2, 0.25) is 0 Å². The predicted octanol–water partition coefficient (Wildman–Crippen LogP) is 2.03. The number of sulfonamides is 1. The molecule has 0 saturated carbocycles. The minimum Gasteiger partial charge on any atom is -0.381 e. The van der Waals surface area contributed by atoms with E-state index in [1.165, 1.54) is 0 Å². The summed E-state index contributed by atoms with van der Waals surface area (Å²) in [7, 11) is -3.65. The van der Waals surface area contributed by atoms with Gasteiger partial charge in [0, 0.05) is 25.1 Å². The number of piperidine rings is 1. The van der Waals surface area contributed by atoms with Crippen molar-refractivity contribution in [2.75, 3.05) is 26.3 Å². The molecule has 1 atom stereocenters. The lowest BCUT2D eigenvalue weighted by Gasteiger charge is -2.38. The summed E-state index contributed by atoms with van der Waals surface area (Å²) < 4.78 is 38.6.